The molecule has 0 aliphatic carbocycles. The Balaban J connectivity index is 2.55. The first-order valence-electron chi connectivity index (χ1n) is 4.65. The number of carbonyl (C=O) groups excluding carboxylic acids is 1. The maximum Gasteiger partial charge on any atom is 0.409 e. The second-order valence-corrected chi connectivity index (χ2v) is 3.91. The molecule has 80 valence electrons. The van der Waals surface area contributed by atoms with Crippen LogP contribution in [0, 0.1) is 11.8 Å². The zero-order chi connectivity index (χ0) is 10.7. The molecule has 1 atom stereocenters. The predicted molar refractivity (Wildman–Crippen MR) is 48.9 cm³/mol. The lowest BCUT2D eigenvalue weighted by Gasteiger charge is -2.31. The molecule has 1 N–H and O–H groups in total. The van der Waals surface area contributed by atoms with Crippen molar-refractivity contribution in [1.29, 1.82) is 0 Å². The van der Waals surface area contributed by atoms with Crippen LogP contribution in [0.5, 0.6) is 0 Å². The number of hydrogen-bond donors (Lipinski definition) is 1. The first-order valence-corrected chi connectivity index (χ1v) is 4.65. The number of carboxylic acids is 1. The third-order valence-corrected chi connectivity index (χ3v) is 2.04. The van der Waals surface area contributed by atoms with Crippen molar-refractivity contribution in [3.63, 3.8) is 0 Å². The highest BCUT2D eigenvalue weighted by Crippen LogP contribution is 2.13. The van der Waals surface area contributed by atoms with E-state index in [2.05, 4.69) is 0 Å². The molecular weight excluding hydrogens is 186 g/mol. The average Bonchev–Trinajstić information content (AvgIpc) is 2.07. The van der Waals surface area contributed by atoms with E-state index in [1.807, 2.05) is 13.8 Å². The molecule has 1 heterocycles. The lowest BCUT2D eigenvalue weighted by Crippen LogP contribution is -2.46. The largest absolute Gasteiger partial charge is 0.481 e. The Morgan fingerprint density at radius 2 is 2.36 bits per heavy atom. The van der Waals surface area contributed by atoms with Crippen LogP contribution < -0.4 is 0 Å². The highest BCUT2D eigenvalue weighted by molar-refractivity contribution is 5.75. The van der Waals surface area contributed by atoms with E-state index in [4.69, 9.17) is 9.84 Å². The summed E-state index contributed by atoms with van der Waals surface area (Å²) >= 11 is 0. The molecular formula is C9H15NO4. The summed E-state index contributed by atoms with van der Waals surface area (Å²) in [6.45, 7) is 4.73. The number of carbonyl (C=O) groups is 2. The fourth-order valence-electron chi connectivity index (χ4n) is 1.40. The van der Waals surface area contributed by atoms with Crippen molar-refractivity contribution in [1.82, 2.24) is 4.90 Å². The van der Waals surface area contributed by atoms with Crippen LogP contribution in [0.4, 0.5) is 4.79 Å². The predicted octanol–water partition coefficient (Wildman–Crippen LogP) is 0.795. The van der Waals surface area contributed by atoms with Crippen LogP contribution in [0.15, 0.2) is 0 Å². The highest BCUT2D eigenvalue weighted by atomic mass is 16.6. The maximum absolute atomic E-state index is 11.2. The van der Waals surface area contributed by atoms with Crippen LogP contribution in [-0.4, -0.2) is 41.8 Å². The Hall–Kier alpha value is -1.26. The minimum Gasteiger partial charge on any atom is -0.481 e. The molecule has 1 fully saturated rings. The monoisotopic (exact) mass is 201 g/mol. The van der Waals surface area contributed by atoms with Crippen molar-refractivity contribution in [2.24, 2.45) is 11.8 Å². The van der Waals surface area contributed by atoms with E-state index in [-0.39, 0.29) is 13.2 Å². The van der Waals surface area contributed by atoms with Gasteiger partial charge in [-0.2, -0.15) is 0 Å². The number of aliphatic carboxylic acids is 1. The molecule has 1 unspecified atom stereocenters. The molecule has 1 rings (SSSR count). The summed E-state index contributed by atoms with van der Waals surface area (Å²) in [5, 5.41) is 8.76. The zero-order valence-electron chi connectivity index (χ0n) is 8.40. The van der Waals surface area contributed by atoms with Gasteiger partial charge in [-0.3, -0.25) is 4.79 Å². The Labute approximate surface area is 82.6 Å². The summed E-state index contributed by atoms with van der Waals surface area (Å²) in [6, 6.07) is 0. The standard InChI is InChI=1S/C9H15NO4/c1-6(2)3-10-4-7(8(11)12)5-14-9(10)13/h6-7H,3-5H2,1-2H3,(H,11,12). The van der Waals surface area contributed by atoms with Gasteiger partial charge < -0.3 is 14.7 Å². The van der Waals surface area contributed by atoms with Gasteiger partial charge in [0.15, 0.2) is 0 Å². The van der Waals surface area contributed by atoms with Crippen LogP contribution in [0.3, 0.4) is 0 Å². The molecule has 0 spiro atoms. The van der Waals surface area contributed by atoms with E-state index in [0.717, 1.165) is 0 Å². The van der Waals surface area contributed by atoms with E-state index >= 15 is 0 Å². The van der Waals surface area contributed by atoms with Crippen molar-refractivity contribution in [3.8, 4) is 0 Å². The van der Waals surface area contributed by atoms with Crippen molar-refractivity contribution in [2.45, 2.75) is 13.8 Å². The van der Waals surface area contributed by atoms with E-state index in [9.17, 15) is 9.59 Å². The molecule has 0 radical (unpaired) electrons. The van der Waals surface area contributed by atoms with Gasteiger partial charge in [0.1, 0.15) is 12.5 Å². The summed E-state index contributed by atoms with van der Waals surface area (Å²) in [5.41, 5.74) is 0. The summed E-state index contributed by atoms with van der Waals surface area (Å²) in [5.74, 6) is -1.19. The number of cyclic esters (lactones) is 1. The second kappa shape index (κ2) is 4.30. The van der Waals surface area contributed by atoms with Gasteiger partial charge in [0.05, 0.1) is 0 Å². The van der Waals surface area contributed by atoms with Gasteiger partial charge in [-0.15, -0.1) is 0 Å². The number of carboxylic acid groups (broad SMARTS) is 1. The minimum absolute atomic E-state index is 0.0111. The Kier molecular flexibility index (Phi) is 3.33. The normalized spacial score (nSPS) is 22.4. The Bertz CT molecular complexity index is 239. The molecule has 1 saturated heterocycles. The van der Waals surface area contributed by atoms with Gasteiger partial charge in [0.2, 0.25) is 0 Å². The number of ether oxygens (including phenoxy) is 1. The minimum atomic E-state index is -0.911. The number of hydrogen-bond acceptors (Lipinski definition) is 3. The molecule has 1 aliphatic heterocycles. The SMILES string of the molecule is CC(C)CN1CC(C(=O)O)COC1=O. The van der Waals surface area contributed by atoms with Crippen molar-refractivity contribution >= 4 is 12.1 Å². The Morgan fingerprint density at radius 3 is 2.86 bits per heavy atom. The van der Waals surface area contributed by atoms with Gasteiger partial charge >= 0.3 is 12.1 Å². The molecule has 0 bridgehead atoms. The number of rotatable bonds is 3. The maximum atomic E-state index is 11.2. The van der Waals surface area contributed by atoms with Crippen LogP contribution in [-0.2, 0) is 9.53 Å². The molecule has 5 heteroatoms. The highest BCUT2D eigenvalue weighted by Gasteiger charge is 2.31. The van der Waals surface area contributed by atoms with Crippen LogP contribution in [0.1, 0.15) is 13.8 Å². The van der Waals surface area contributed by atoms with Gasteiger partial charge in [-0.05, 0) is 5.92 Å². The second-order valence-electron chi connectivity index (χ2n) is 3.91. The molecule has 14 heavy (non-hydrogen) atoms. The van der Waals surface area contributed by atoms with Crippen molar-refractivity contribution < 1.29 is 19.4 Å². The summed E-state index contributed by atoms with van der Waals surface area (Å²) < 4.78 is 4.77. The van der Waals surface area contributed by atoms with E-state index in [0.29, 0.717) is 12.5 Å². The van der Waals surface area contributed by atoms with Gasteiger partial charge in [-0.1, -0.05) is 13.8 Å². The summed E-state index contributed by atoms with van der Waals surface area (Å²) in [6.07, 6.45) is -0.406. The van der Waals surface area contributed by atoms with Crippen LogP contribution >= 0.6 is 0 Å². The van der Waals surface area contributed by atoms with Gasteiger partial charge in [0, 0.05) is 13.1 Å². The summed E-state index contributed by atoms with van der Waals surface area (Å²) in [4.78, 5) is 23.3. The lowest BCUT2D eigenvalue weighted by molar-refractivity contribution is -0.145. The smallest absolute Gasteiger partial charge is 0.409 e. The third-order valence-electron chi connectivity index (χ3n) is 2.04. The molecule has 1 aliphatic rings. The van der Waals surface area contributed by atoms with Gasteiger partial charge in [-0.25, -0.2) is 4.79 Å². The van der Waals surface area contributed by atoms with E-state index in [1.54, 1.807) is 0 Å². The molecule has 1 amide bonds. The van der Waals surface area contributed by atoms with E-state index < -0.39 is 18.0 Å². The lowest BCUT2D eigenvalue weighted by atomic mass is 10.1. The third kappa shape index (κ3) is 2.61. The molecule has 0 aromatic heterocycles. The average molecular weight is 201 g/mol. The fraction of sp³-hybridized carbons (Fsp3) is 0.778. The quantitative estimate of drug-likeness (QED) is 0.733. The number of nitrogens with zero attached hydrogens (tertiary/aromatic N) is 1. The van der Waals surface area contributed by atoms with E-state index in [1.165, 1.54) is 4.90 Å². The summed E-state index contributed by atoms with van der Waals surface area (Å²) in [7, 11) is 0. The Morgan fingerprint density at radius 1 is 1.71 bits per heavy atom. The number of amides is 1. The molecule has 0 aromatic rings. The first kappa shape index (κ1) is 10.8. The van der Waals surface area contributed by atoms with Crippen LogP contribution in [0.25, 0.3) is 0 Å². The first-order chi connectivity index (χ1) is 6.50. The van der Waals surface area contributed by atoms with Crippen LogP contribution in [0.2, 0.25) is 0 Å². The zero-order valence-corrected chi connectivity index (χ0v) is 8.40. The molecule has 0 saturated carbocycles. The van der Waals surface area contributed by atoms with Crippen molar-refractivity contribution in [3.05, 3.63) is 0 Å². The van der Waals surface area contributed by atoms with Gasteiger partial charge in [0.25, 0.3) is 0 Å². The molecule has 0 aromatic carbocycles. The fourth-order valence-corrected chi connectivity index (χ4v) is 1.40. The van der Waals surface area contributed by atoms with Crippen molar-refractivity contribution in [2.75, 3.05) is 19.7 Å². The topological polar surface area (TPSA) is 66.8 Å². The molecule has 5 nitrogen and oxygen atoms in total.